The summed E-state index contributed by atoms with van der Waals surface area (Å²) >= 11 is 8.26. The largest absolute Gasteiger partial charge is 0.381 e. The Hall–Kier alpha value is -2.10. The lowest BCUT2D eigenvalue weighted by Gasteiger charge is -2.30. The first-order valence-corrected chi connectivity index (χ1v) is 10.6. The predicted octanol–water partition coefficient (Wildman–Crippen LogP) is 2.36. The van der Waals surface area contributed by atoms with Crippen molar-refractivity contribution in [3.05, 3.63) is 38.7 Å². The molecule has 0 bridgehead atoms. The maximum atomic E-state index is 6.52. The topological polar surface area (TPSA) is 83.2 Å². The molecule has 1 aromatic carbocycles. The fraction of sp³-hybridized carbons (Fsp3) is 0.350. The lowest BCUT2D eigenvalue weighted by molar-refractivity contribution is -0.0137. The van der Waals surface area contributed by atoms with E-state index in [-0.39, 0.29) is 6.17 Å². The molecule has 0 saturated carbocycles. The van der Waals surface area contributed by atoms with E-state index in [0.717, 1.165) is 28.0 Å². The number of ether oxygens (including phenoxy) is 2. The van der Waals surface area contributed by atoms with Gasteiger partial charge in [0.25, 0.3) is 0 Å². The van der Waals surface area contributed by atoms with E-state index in [9.17, 15) is 0 Å². The number of hydrogen-bond acceptors (Lipinski definition) is 7. The van der Waals surface area contributed by atoms with E-state index >= 15 is 0 Å². The Morgan fingerprint density at radius 1 is 1.38 bits per heavy atom. The quantitative estimate of drug-likeness (QED) is 0.496. The third kappa shape index (κ3) is 3.21. The van der Waals surface area contributed by atoms with Crippen LogP contribution in [0.5, 0.6) is 0 Å². The lowest BCUT2D eigenvalue weighted by Crippen LogP contribution is -2.44. The Kier molecular flexibility index (Phi) is 4.76. The maximum absolute atomic E-state index is 6.52. The zero-order chi connectivity index (χ0) is 20.0. The Bertz CT molecular complexity index is 1190. The van der Waals surface area contributed by atoms with Crippen molar-refractivity contribution in [2.75, 3.05) is 38.1 Å². The minimum absolute atomic E-state index is 0.0600. The number of hydrogen-bond donors (Lipinski definition) is 4. The number of thiophene rings is 1. The number of aromatic amines is 1. The zero-order valence-electron chi connectivity index (χ0n) is 16.1. The van der Waals surface area contributed by atoms with Crippen molar-refractivity contribution < 1.29 is 9.47 Å². The Balaban J connectivity index is 1.55. The molecule has 0 saturated heterocycles. The smallest absolute Gasteiger partial charge is 0.114 e. The van der Waals surface area contributed by atoms with Gasteiger partial charge in [-0.2, -0.15) is 5.10 Å². The second kappa shape index (κ2) is 7.30. The molecule has 9 heteroatoms. The van der Waals surface area contributed by atoms with E-state index in [0.29, 0.717) is 18.3 Å². The molecule has 0 fully saturated rings. The zero-order valence-corrected chi connectivity index (χ0v) is 17.7. The highest BCUT2D eigenvalue weighted by Crippen LogP contribution is 2.33. The van der Waals surface area contributed by atoms with Crippen molar-refractivity contribution in [3.63, 3.8) is 0 Å². The SMILES string of the molecule is COC[C@@]1(OC)C=c2sc3c(c2=CC1)C(Nc1cc2cn[nH]c2cc1Cl)NCN3. The Labute approximate surface area is 176 Å². The normalized spacial score (nSPS) is 22.9. The number of H-pyrrole nitrogens is 1. The molecule has 5 rings (SSSR count). The van der Waals surface area contributed by atoms with Gasteiger partial charge in [-0.15, -0.1) is 11.3 Å². The molecule has 2 aromatic heterocycles. The molecule has 2 aliphatic rings. The van der Waals surface area contributed by atoms with Crippen LogP contribution in [0.2, 0.25) is 5.02 Å². The van der Waals surface area contributed by atoms with Gasteiger partial charge in [0.15, 0.2) is 0 Å². The molecule has 29 heavy (non-hydrogen) atoms. The number of nitrogens with zero attached hydrogens (tertiary/aromatic N) is 1. The number of fused-ring (bicyclic) bond motifs is 4. The molecule has 2 atom stereocenters. The van der Waals surface area contributed by atoms with Crippen LogP contribution < -0.4 is 25.7 Å². The van der Waals surface area contributed by atoms with E-state index in [2.05, 4.69) is 38.3 Å². The van der Waals surface area contributed by atoms with Gasteiger partial charge in [-0.05, 0) is 23.4 Å². The summed E-state index contributed by atoms with van der Waals surface area (Å²) in [6.07, 6.45) is 6.94. The van der Waals surface area contributed by atoms with Crippen molar-refractivity contribution in [1.29, 1.82) is 0 Å². The van der Waals surface area contributed by atoms with Crippen molar-refractivity contribution in [2.45, 2.75) is 18.2 Å². The van der Waals surface area contributed by atoms with Crippen molar-refractivity contribution in [3.8, 4) is 0 Å². The van der Waals surface area contributed by atoms with Crippen LogP contribution in [-0.4, -0.2) is 43.3 Å². The monoisotopic (exact) mass is 431 g/mol. The van der Waals surface area contributed by atoms with Gasteiger partial charge in [0.05, 0.1) is 40.7 Å². The molecule has 1 aliphatic heterocycles. The van der Waals surface area contributed by atoms with Gasteiger partial charge in [0.2, 0.25) is 0 Å². The van der Waals surface area contributed by atoms with Crippen LogP contribution in [0.4, 0.5) is 10.7 Å². The third-order valence-electron chi connectivity index (χ3n) is 5.52. The van der Waals surface area contributed by atoms with E-state index < -0.39 is 5.60 Å². The highest BCUT2D eigenvalue weighted by Gasteiger charge is 2.31. The molecule has 1 unspecified atom stereocenters. The molecule has 1 aliphatic carbocycles. The number of methoxy groups -OCH3 is 2. The molecule has 7 nitrogen and oxygen atoms in total. The summed E-state index contributed by atoms with van der Waals surface area (Å²) < 4.78 is 12.4. The molecule has 3 aromatic rings. The van der Waals surface area contributed by atoms with Gasteiger partial charge in [-0.3, -0.25) is 10.4 Å². The number of nitrogens with one attached hydrogen (secondary N) is 4. The average Bonchev–Trinajstić information content (AvgIpc) is 3.32. The number of halogens is 1. The minimum Gasteiger partial charge on any atom is -0.381 e. The van der Waals surface area contributed by atoms with Crippen molar-refractivity contribution in [2.24, 2.45) is 0 Å². The summed E-state index contributed by atoms with van der Waals surface area (Å²) in [6, 6.07) is 3.92. The highest BCUT2D eigenvalue weighted by molar-refractivity contribution is 7.14. The number of anilines is 2. The Morgan fingerprint density at radius 2 is 2.28 bits per heavy atom. The van der Waals surface area contributed by atoms with Gasteiger partial charge in [0, 0.05) is 36.1 Å². The molecule has 4 N–H and O–H groups in total. The average molecular weight is 432 g/mol. The van der Waals surface area contributed by atoms with Crippen LogP contribution in [0.25, 0.3) is 23.1 Å². The third-order valence-corrected chi connectivity index (χ3v) is 6.96. The lowest BCUT2D eigenvalue weighted by atomic mass is 9.94. The minimum atomic E-state index is -0.415. The van der Waals surface area contributed by atoms with Crippen LogP contribution >= 0.6 is 22.9 Å². The van der Waals surface area contributed by atoms with Crippen LogP contribution in [0.15, 0.2) is 18.3 Å². The van der Waals surface area contributed by atoms with Crippen LogP contribution in [-0.2, 0) is 9.47 Å². The summed E-state index contributed by atoms with van der Waals surface area (Å²) in [7, 11) is 3.44. The molecule has 0 radical (unpaired) electrons. The first-order valence-electron chi connectivity index (χ1n) is 9.39. The van der Waals surface area contributed by atoms with Gasteiger partial charge in [-0.1, -0.05) is 17.7 Å². The Morgan fingerprint density at radius 3 is 3.10 bits per heavy atom. The standard InChI is InChI=1S/C20H22ClN5O2S/c1-27-9-20(28-2)4-3-12-16(7-20)29-19-17(12)18(22-10-23-19)25-15-5-11-8-24-26-14(11)6-13(15)21/h3,5-8,18,22-23,25H,4,9-10H2,1-2H3,(H,24,26)/t18?,20-/m0/s1. The molecular weight excluding hydrogens is 410 g/mol. The first kappa shape index (κ1) is 18.9. The predicted molar refractivity (Wildman–Crippen MR) is 118 cm³/mol. The molecule has 3 heterocycles. The molecule has 0 amide bonds. The van der Waals surface area contributed by atoms with Crippen LogP contribution in [0, 0.1) is 0 Å². The van der Waals surface area contributed by atoms with Crippen LogP contribution in [0.1, 0.15) is 18.2 Å². The fourth-order valence-corrected chi connectivity index (χ4v) is 5.52. The molecular formula is C20H22ClN5O2S. The summed E-state index contributed by atoms with van der Waals surface area (Å²) in [5.41, 5.74) is 2.58. The van der Waals surface area contributed by atoms with Crippen molar-refractivity contribution >= 4 is 56.7 Å². The summed E-state index contributed by atoms with van der Waals surface area (Å²) in [5.74, 6) is 0. The second-order valence-electron chi connectivity index (χ2n) is 7.30. The fourth-order valence-electron chi connectivity index (χ4n) is 4.02. The number of rotatable bonds is 5. The summed E-state index contributed by atoms with van der Waals surface area (Å²) in [4.78, 5) is 0. The number of benzene rings is 1. The number of aromatic nitrogens is 2. The maximum Gasteiger partial charge on any atom is 0.114 e. The second-order valence-corrected chi connectivity index (χ2v) is 8.76. The van der Waals surface area contributed by atoms with Gasteiger partial charge in [0.1, 0.15) is 11.8 Å². The van der Waals surface area contributed by atoms with E-state index in [1.807, 2.05) is 12.1 Å². The highest BCUT2D eigenvalue weighted by atomic mass is 35.5. The van der Waals surface area contributed by atoms with Gasteiger partial charge >= 0.3 is 0 Å². The van der Waals surface area contributed by atoms with Crippen molar-refractivity contribution in [1.82, 2.24) is 15.5 Å². The molecule has 152 valence electrons. The summed E-state index contributed by atoms with van der Waals surface area (Å²) in [5, 5.41) is 21.6. The van der Waals surface area contributed by atoms with E-state index in [1.54, 1.807) is 31.8 Å². The van der Waals surface area contributed by atoms with Gasteiger partial charge in [-0.25, -0.2) is 0 Å². The van der Waals surface area contributed by atoms with E-state index in [4.69, 9.17) is 21.1 Å². The summed E-state index contributed by atoms with van der Waals surface area (Å²) in [6.45, 7) is 1.19. The van der Waals surface area contributed by atoms with E-state index in [1.165, 1.54) is 15.3 Å². The van der Waals surface area contributed by atoms with Gasteiger partial charge < -0.3 is 20.1 Å². The molecule has 0 spiro atoms. The first-order chi connectivity index (χ1) is 14.1. The van der Waals surface area contributed by atoms with Crippen LogP contribution in [0.3, 0.4) is 0 Å².